The van der Waals surface area contributed by atoms with E-state index >= 15 is 0 Å². The van der Waals surface area contributed by atoms with Crippen molar-refractivity contribution in [2.24, 2.45) is 11.8 Å². The fourth-order valence-corrected chi connectivity index (χ4v) is 3.46. The van der Waals surface area contributed by atoms with Gasteiger partial charge in [-0.15, -0.1) is 0 Å². The summed E-state index contributed by atoms with van der Waals surface area (Å²) in [6.45, 7) is 6.62. The van der Waals surface area contributed by atoms with Crippen molar-refractivity contribution in [3.8, 4) is 0 Å². The second kappa shape index (κ2) is 7.39. The third-order valence-corrected chi connectivity index (χ3v) is 4.44. The van der Waals surface area contributed by atoms with Crippen LogP contribution >= 0.6 is 0 Å². The van der Waals surface area contributed by atoms with Gasteiger partial charge in [0.25, 0.3) is 0 Å². The molecule has 0 amide bonds. The molecule has 0 radical (unpaired) electrons. The fraction of sp³-hybridized carbons (Fsp3) is 0.611. The zero-order valence-electron chi connectivity index (χ0n) is 14.9. The number of Topliss-reactive ketones (excluding diaryl/α,β-unsaturated/α-hetero) is 1. The highest BCUT2D eigenvalue weighted by Gasteiger charge is 2.58. The van der Waals surface area contributed by atoms with Crippen LogP contribution in [0.3, 0.4) is 0 Å². The lowest BCUT2D eigenvalue weighted by Gasteiger charge is -2.42. The van der Waals surface area contributed by atoms with Gasteiger partial charge >= 0.3 is 11.9 Å². The predicted octanol–water partition coefficient (Wildman–Crippen LogP) is 1.75. The van der Waals surface area contributed by atoms with E-state index in [-0.39, 0.29) is 25.4 Å². The Hall–Kier alpha value is -2.15. The average Bonchev–Trinajstić information content (AvgIpc) is 2.92. The number of furan rings is 1. The molecule has 0 unspecified atom stereocenters. The summed E-state index contributed by atoms with van der Waals surface area (Å²) < 4.78 is 15.7. The summed E-state index contributed by atoms with van der Waals surface area (Å²) >= 11 is 0. The third-order valence-electron chi connectivity index (χ3n) is 4.44. The van der Waals surface area contributed by atoms with Crippen molar-refractivity contribution in [1.82, 2.24) is 0 Å². The van der Waals surface area contributed by atoms with Crippen LogP contribution in [0.5, 0.6) is 0 Å². The molecule has 1 heterocycles. The Balaban J connectivity index is 2.56. The van der Waals surface area contributed by atoms with E-state index in [1.165, 1.54) is 6.92 Å². The van der Waals surface area contributed by atoms with Crippen LogP contribution in [-0.2, 0) is 23.9 Å². The maximum atomic E-state index is 12.6. The number of rotatable bonds is 5. The quantitative estimate of drug-likeness (QED) is 0.636. The molecule has 7 nitrogen and oxygen atoms in total. The predicted molar refractivity (Wildman–Crippen MR) is 86.7 cm³/mol. The van der Waals surface area contributed by atoms with E-state index in [0.717, 1.165) is 0 Å². The number of hydrogen-bond acceptors (Lipinski definition) is 7. The number of carbonyl (C=O) groups is 3. The molecule has 7 heteroatoms. The van der Waals surface area contributed by atoms with Crippen LogP contribution in [0.2, 0.25) is 0 Å². The molecule has 0 saturated heterocycles. The highest BCUT2D eigenvalue weighted by molar-refractivity contribution is 6.02. The summed E-state index contributed by atoms with van der Waals surface area (Å²) in [6.07, 6.45) is -0.337. The van der Waals surface area contributed by atoms with E-state index in [1.54, 1.807) is 32.9 Å². The Kier molecular flexibility index (Phi) is 5.67. The molecule has 1 aliphatic rings. The zero-order valence-corrected chi connectivity index (χ0v) is 14.9. The Bertz CT molecular complexity index is 658. The van der Waals surface area contributed by atoms with Crippen molar-refractivity contribution in [3.63, 3.8) is 0 Å². The number of ether oxygens (including phenoxy) is 2. The molecule has 0 bridgehead atoms. The van der Waals surface area contributed by atoms with Crippen molar-refractivity contribution in [2.45, 2.75) is 45.6 Å². The molecule has 0 spiro atoms. The minimum atomic E-state index is -1.66. The van der Waals surface area contributed by atoms with E-state index in [2.05, 4.69) is 0 Å². The topological polar surface area (TPSA) is 103 Å². The Morgan fingerprint density at radius 3 is 2.36 bits per heavy atom. The second-order valence-corrected chi connectivity index (χ2v) is 6.43. The number of esters is 2. The molecule has 1 N–H and O–H groups in total. The summed E-state index contributed by atoms with van der Waals surface area (Å²) in [7, 11) is 0. The van der Waals surface area contributed by atoms with Crippen LogP contribution in [0.25, 0.3) is 0 Å². The van der Waals surface area contributed by atoms with Crippen molar-refractivity contribution in [1.29, 1.82) is 0 Å². The lowest BCUT2D eigenvalue weighted by atomic mass is 9.63. The molecule has 0 aliphatic heterocycles. The van der Waals surface area contributed by atoms with Gasteiger partial charge in [-0.25, -0.2) is 0 Å². The average molecular weight is 352 g/mol. The molecule has 1 aliphatic carbocycles. The third kappa shape index (κ3) is 3.76. The zero-order chi connectivity index (χ0) is 18.8. The van der Waals surface area contributed by atoms with E-state index in [9.17, 15) is 19.5 Å². The lowest BCUT2D eigenvalue weighted by Crippen LogP contribution is -2.55. The summed E-state index contributed by atoms with van der Waals surface area (Å²) in [5.41, 5.74) is -1.66. The van der Waals surface area contributed by atoms with Crippen LogP contribution < -0.4 is 0 Å². The van der Waals surface area contributed by atoms with Crippen LogP contribution in [0, 0.1) is 18.8 Å². The Morgan fingerprint density at radius 2 is 1.84 bits per heavy atom. The standard InChI is InChI=1S/C18H24O7/c1-5-23-16(20)13-11(19)9-18(4,22)15(17(21)24-6-2)14(13)12-8-7-10(3)25-12/h7-8,13-15,22H,5-6,9H2,1-4H3/t13-,14+,15-,18+/m1/s1. The van der Waals surface area contributed by atoms with Crippen molar-refractivity contribution in [3.05, 3.63) is 23.7 Å². The maximum Gasteiger partial charge on any atom is 0.317 e. The molecular formula is C18H24O7. The summed E-state index contributed by atoms with van der Waals surface area (Å²) in [4.78, 5) is 37.6. The summed E-state index contributed by atoms with van der Waals surface area (Å²) in [5.74, 6) is -4.36. The first kappa shape index (κ1) is 19.2. The molecular weight excluding hydrogens is 328 g/mol. The SMILES string of the molecule is CCOC(=O)[C@@H]1C(=O)C[C@](C)(O)[C@@H](C(=O)OCC)[C@H]1c1ccc(C)o1. The molecule has 4 atom stereocenters. The van der Waals surface area contributed by atoms with Crippen molar-refractivity contribution >= 4 is 17.7 Å². The first-order valence-electron chi connectivity index (χ1n) is 8.37. The van der Waals surface area contributed by atoms with Gasteiger partial charge in [-0.2, -0.15) is 0 Å². The van der Waals surface area contributed by atoms with Gasteiger partial charge in [0.15, 0.2) is 5.78 Å². The van der Waals surface area contributed by atoms with Crippen molar-refractivity contribution < 1.29 is 33.4 Å². The minimum Gasteiger partial charge on any atom is -0.466 e. The Labute approximate surface area is 146 Å². The van der Waals surface area contributed by atoms with Gasteiger partial charge in [0, 0.05) is 6.42 Å². The molecule has 1 fully saturated rings. The molecule has 2 rings (SSSR count). The molecule has 1 aromatic rings. The van der Waals surface area contributed by atoms with E-state index in [0.29, 0.717) is 5.76 Å². The fourth-order valence-electron chi connectivity index (χ4n) is 3.46. The molecule has 25 heavy (non-hydrogen) atoms. The van der Waals surface area contributed by atoms with Gasteiger partial charge in [0.1, 0.15) is 17.4 Å². The normalized spacial score (nSPS) is 29.3. The van der Waals surface area contributed by atoms with Gasteiger partial charge in [-0.05, 0) is 39.8 Å². The smallest absolute Gasteiger partial charge is 0.317 e. The molecule has 138 valence electrons. The van der Waals surface area contributed by atoms with Crippen molar-refractivity contribution in [2.75, 3.05) is 13.2 Å². The number of hydrogen-bond donors (Lipinski definition) is 1. The number of aryl methyl sites for hydroxylation is 1. The van der Waals surface area contributed by atoms with Crippen LogP contribution in [0.4, 0.5) is 0 Å². The van der Waals surface area contributed by atoms with Gasteiger partial charge in [0.2, 0.25) is 0 Å². The van der Waals surface area contributed by atoms with E-state index < -0.39 is 41.1 Å². The maximum absolute atomic E-state index is 12.6. The highest BCUT2D eigenvalue weighted by Crippen LogP contribution is 2.47. The highest BCUT2D eigenvalue weighted by atomic mass is 16.5. The number of aliphatic hydroxyl groups is 1. The van der Waals surface area contributed by atoms with Gasteiger partial charge < -0.3 is 19.0 Å². The first-order chi connectivity index (χ1) is 11.7. The van der Waals surface area contributed by atoms with Crippen LogP contribution in [0.15, 0.2) is 16.5 Å². The first-order valence-corrected chi connectivity index (χ1v) is 8.37. The monoisotopic (exact) mass is 352 g/mol. The number of ketones is 1. The van der Waals surface area contributed by atoms with E-state index in [1.807, 2.05) is 0 Å². The lowest BCUT2D eigenvalue weighted by molar-refractivity contribution is -0.173. The minimum absolute atomic E-state index is 0.104. The largest absolute Gasteiger partial charge is 0.466 e. The molecule has 1 aromatic heterocycles. The summed E-state index contributed by atoms with van der Waals surface area (Å²) in [6, 6.07) is 3.28. The second-order valence-electron chi connectivity index (χ2n) is 6.43. The Morgan fingerprint density at radius 1 is 1.24 bits per heavy atom. The van der Waals surface area contributed by atoms with Crippen LogP contribution in [-0.4, -0.2) is 41.6 Å². The molecule has 1 saturated carbocycles. The van der Waals surface area contributed by atoms with Crippen LogP contribution in [0.1, 0.15) is 44.6 Å². The number of carbonyl (C=O) groups excluding carboxylic acids is 3. The van der Waals surface area contributed by atoms with E-state index in [4.69, 9.17) is 13.9 Å². The van der Waals surface area contributed by atoms with Gasteiger partial charge in [-0.3, -0.25) is 14.4 Å². The van der Waals surface area contributed by atoms with Gasteiger partial charge in [0.05, 0.1) is 30.7 Å². The van der Waals surface area contributed by atoms with Gasteiger partial charge in [-0.1, -0.05) is 0 Å². The molecule has 0 aromatic carbocycles. The summed E-state index contributed by atoms with van der Waals surface area (Å²) in [5, 5.41) is 10.8.